The maximum absolute atomic E-state index is 12.7. The molecule has 0 bridgehead atoms. The Morgan fingerprint density at radius 1 is 1.23 bits per heavy atom. The van der Waals surface area contributed by atoms with Crippen LogP contribution in [0.15, 0.2) is 30.3 Å². The van der Waals surface area contributed by atoms with Crippen LogP contribution in [0, 0.1) is 12.0 Å². The van der Waals surface area contributed by atoms with Gasteiger partial charge in [0.2, 0.25) is 5.91 Å². The first-order valence-corrected chi connectivity index (χ1v) is 10.7. The Labute approximate surface area is 189 Å². The third-order valence-electron chi connectivity index (χ3n) is 5.59. The van der Waals surface area contributed by atoms with E-state index in [-0.39, 0.29) is 10.9 Å². The average molecular weight is 461 g/mol. The summed E-state index contributed by atoms with van der Waals surface area (Å²) in [6.45, 7) is 1.30. The van der Waals surface area contributed by atoms with Crippen LogP contribution in [0.4, 0.5) is 0 Å². The Kier molecular flexibility index (Phi) is 6.51. The van der Waals surface area contributed by atoms with Crippen molar-refractivity contribution in [2.75, 3.05) is 19.7 Å². The fourth-order valence-electron chi connectivity index (χ4n) is 3.80. The third-order valence-corrected chi connectivity index (χ3v) is 6.37. The summed E-state index contributed by atoms with van der Waals surface area (Å²) in [5.41, 5.74) is 3.32. The second-order valence-electron chi connectivity index (χ2n) is 7.49. The first kappa shape index (κ1) is 21.7. The number of nitrogens with zero attached hydrogens (tertiary/aromatic N) is 1. The summed E-state index contributed by atoms with van der Waals surface area (Å²) in [6, 6.07) is 10.4. The van der Waals surface area contributed by atoms with Crippen LogP contribution in [0.5, 0.6) is 5.75 Å². The van der Waals surface area contributed by atoms with Crippen molar-refractivity contribution in [3.8, 4) is 16.9 Å². The molecule has 1 N–H and O–H groups in total. The molecule has 6 nitrogen and oxygen atoms in total. The summed E-state index contributed by atoms with van der Waals surface area (Å²) in [5, 5.41) is 9.71. The highest BCUT2D eigenvalue weighted by Crippen LogP contribution is 2.37. The molecule has 0 spiro atoms. The molecule has 0 saturated carbocycles. The fourth-order valence-corrected chi connectivity index (χ4v) is 4.18. The van der Waals surface area contributed by atoms with E-state index in [2.05, 4.69) is 6.07 Å². The Hall–Kier alpha value is -2.54. The minimum Gasteiger partial charge on any atom is -0.481 e. The first-order chi connectivity index (χ1) is 14.9. The second-order valence-corrected chi connectivity index (χ2v) is 8.25. The first-order valence-electron chi connectivity index (χ1n) is 9.96. The maximum Gasteiger partial charge on any atom is 0.306 e. The van der Waals surface area contributed by atoms with Gasteiger partial charge in [-0.3, -0.25) is 9.59 Å². The molecule has 8 heteroatoms. The number of halogens is 2. The van der Waals surface area contributed by atoms with Crippen molar-refractivity contribution in [3.63, 3.8) is 0 Å². The van der Waals surface area contributed by atoms with Crippen LogP contribution < -0.4 is 4.89 Å². The number of amides is 1. The zero-order valence-corrected chi connectivity index (χ0v) is 18.1. The van der Waals surface area contributed by atoms with Crippen LogP contribution in [0.2, 0.25) is 10.0 Å². The number of likely N-dealkylation sites (tertiary alicyclic amines) is 1. The predicted octanol–water partition coefficient (Wildman–Crippen LogP) is 4.66. The molecule has 0 aliphatic carbocycles. The predicted molar refractivity (Wildman–Crippen MR) is 117 cm³/mol. The van der Waals surface area contributed by atoms with Gasteiger partial charge in [-0.1, -0.05) is 29.3 Å². The van der Waals surface area contributed by atoms with Gasteiger partial charge >= 0.3 is 5.97 Å². The number of hydrogen-bond donors (Lipinski definition) is 1. The smallest absolute Gasteiger partial charge is 0.306 e. The van der Waals surface area contributed by atoms with Gasteiger partial charge < -0.3 is 14.9 Å². The van der Waals surface area contributed by atoms with Gasteiger partial charge in [-0.15, -0.1) is 0 Å². The summed E-state index contributed by atoms with van der Waals surface area (Å²) in [7, 11) is 0. The lowest BCUT2D eigenvalue weighted by atomic mass is 9.96. The van der Waals surface area contributed by atoms with Gasteiger partial charge in [-0.25, -0.2) is 0 Å². The monoisotopic (exact) mass is 460 g/mol. The van der Waals surface area contributed by atoms with E-state index >= 15 is 0 Å². The molecule has 1 fully saturated rings. The summed E-state index contributed by atoms with van der Waals surface area (Å²) in [5.74, 6) is -0.714. The Balaban J connectivity index is 1.59. The van der Waals surface area contributed by atoms with E-state index in [1.807, 2.05) is 18.2 Å². The SMILES string of the molecule is O=C(O)C1CCN(C(=O)/C=C/c2c(-c3ccc4c(c3)CCOO4)c[c]c(Cl)c2Cl)CC1. The quantitative estimate of drug-likeness (QED) is 0.530. The number of piperidine rings is 1. The van der Waals surface area contributed by atoms with Crippen molar-refractivity contribution in [2.24, 2.45) is 5.92 Å². The highest BCUT2D eigenvalue weighted by molar-refractivity contribution is 6.43. The summed E-state index contributed by atoms with van der Waals surface area (Å²) in [6.07, 6.45) is 4.74. The Morgan fingerprint density at radius 2 is 2.00 bits per heavy atom. The van der Waals surface area contributed by atoms with Gasteiger partial charge in [0.05, 0.1) is 22.6 Å². The van der Waals surface area contributed by atoms with E-state index in [4.69, 9.17) is 38.1 Å². The van der Waals surface area contributed by atoms with Crippen LogP contribution in [-0.2, 0) is 20.9 Å². The van der Waals surface area contributed by atoms with Gasteiger partial charge in [-0.2, -0.15) is 4.89 Å². The van der Waals surface area contributed by atoms with Crippen molar-refractivity contribution < 1.29 is 24.5 Å². The Bertz CT molecular complexity index is 1040. The number of benzene rings is 2. The molecular weight excluding hydrogens is 441 g/mol. The van der Waals surface area contributed by atoms with Gasteiger partial charge in [0.1, 0.15) is 0 Å². The van der Waals surface area contributed by atoms with Crippen molar-refractivity contribution in [2.45, 2.75) is 19.3 Å². The summed E-state index contributed by atoms with van der Waals surface area (Å²) in [4.78, 5) is 35.6. The molecule has 1 amide bonds. The van der Waals surface area contributed by atoms with E-state index in [0.29, 0.717) is 48.9 Å². The molecule has 2 aromatic carbocycles. The molecular formula is C23H20Cl2NO5. The largest absolute Gasteiger partial charge is 0.481 e. The molecule has 0 aromatic heterocycles. The van der Waals surface area contributed by atoms with E-state index in [1.54, 1.807) is 17.0 Å². The minimum atomic E-state index is -0.809. The molecule has 0 atom stereocenters. The topological polar surface area (TPSA) is 76.1 Å². The van der Waals surface area contributed by atoms with Crippen molar-refractivity contribution in [1.82, 2.24) is 4.90 Å². The van der Waals surface area contributed by atoms with Gasteiger partial charge in [0.25, 0.3) is 0 Å². The molecule has 0 unspecified atom stereocenters. The lowest BCUT2D eigenvalue weighted by Crippen LogP contribution is -2.39. The number of carboxylic acid groups (broad SMARTS) is 1. The van der Waals surface area contributed by atoms with Crippen molar-refractivity contribution >= 4 is 41.2 Å². The number of carbonyl (C=O) groups is 2. The molecule has 31 heavy (non-hydrogen) atoms. The highest BCUT2D eigenvalue weighted by atomic mass is 35.5. The van der Waals surface area contributed by atoms with Crippen LogP contribution in [0.3, 0.4) is 0 Å². The maximum atomic E-state index is 12.7. The van der Waals surface area contributed by atoms with E-state index < -0.39 is 11.9 Å². The molecule has 161 valence electrons. The van der Waals surface area contributed by atoms with E-state index in [9.17, 15) is 9.59 Å². The van der Waals surface area contributed by atoms with Crippen molar-refractivity contribution in [3.05, 3.63) is 57.6 Å². The van der Waals surface area contributed by atoms with Crippen molar-refractivity contribution in [1.29, 1.82) is 0 Å². The molecule has 2 aliphatic heterocycles. The number of rotatable bonds is 4. The van der Waals surface area contributed by atoms with E-state index in [1.165, 1.54) is 6.08 Å². The molecule has 1 saturated heterocycles. The second kappa shape index (κ2) is 9.30. The van der Waals surface area contributed by atoms with Crippen LogP contribution >= 0.6 is 23.2 Å². The number of aliphatic carboxylic acids is 1. The summed E-state index contributed by atoms with van der Waals surface area (Å²) < 4.78 is 0. The van der Waals surface area contributed by atoms with Gasteiger partial charge in [-0.05, 0) is 48.2 Å². The minimum absolute atomic E-state index is 0.189. The highest BCUT2D eigenvalue weighted by Gasteiger charge is 2.26. The third kappa shape index (κ3) is 4.71. The number of fused-ring (bicyclic) bond motifs is 1. The number of carboxylic acids is 1. The van der Waals surface area contributed by atoms with E-state index in [0.717, 1.165) is 23.1 Å². The number of carbonyl (C=O) groups excluding carboxylic acids is 1. The number of hydrogen-bond acceptors (Lipinski definition) is 4. The summed E-state index contributed by atoms with van der Waals surface area (Å²) >= 11 is 12.7. The van der Waals surface area contributed by atoms with Gasteiger partial charge in [0.15, 0.2) is 5.75 Å². The average Bonchev–Trinajstić information content (AvgIpc) is 2.79. The zero-order valence-electron chi connectivity index (χ0n) is 16.6. The zero-order chi connectivity index (χ0) is 22.0. The normalized spacial score (nSPS) is 16.8. The molecule has 2 aliphatic rings. The fraction of sp³-hybridized carbons (Fsp3) is 0.304. The molecule has 2 aromatic rings. The van der Waals surface area contributed by atoms with Crippen LogP contribution in [0.1, 0.15) is 24.0 Å². The Morgan fingerprint density at radius 3 is 2.74 bits per heavy atom. The van der Waals surface area contributed by atoms with Gasteiger partial charge in [0, 0.05) is 42.8 Å². The lowest BCUT2D eigenvalue weighted by Gasteiger charge is -2.29. The molecule has 4 rings (SSSR count). The van der Waals surface area contributed by atoms with Crippen LogP contribution in [-0.4, -0.2) is 41.6 Å². The van der Waals surface area contributed by atoms with Crippen LogP contribution in [0.25, 0.3) is 17.2 Å². The molecule has 2 heterocycles. The lowest BCUT2D eigenvalue weighted by molar-refractivity contribution is -0.215. The standard InChI is InChI=1S/C23H20Cl2NO5/c24-19-4-2-17(15-1-5-20-16(13-15)9-12-30-31-20)18(22(19)25)3-6-21(27)26-10-7-14(8-11-26)23(28)29/h1-3,5-6,13-14H,7-12H2,(H,28,29)/b6-3+. The molecule has 1 radical (unpaired) electrons.